The van der Waals surface area contributed by atoms with E-state index in [1.807, 2.05) is 0 Å². The molecule has 0 saturated heterocycles. The lowest BCUT2D eigenvalue weighted by Crippen LogP contribution is -2.34. The molecule has 1 aliphatic rings. The lowest BCUT2D eigenvalue weighted by Gasteiger charge is -2.32. The number of hydrogen-bond acceptors (Lipinski definition) is 3. The van der Waals surface area contributed by atoms with Crippen LogP contribution < -0.4 is 10.9 Å². The first-order chi connectivity index (χ1) is 8.51. The summed E-state index contributed by atoms with van der Waals surface area (Å²) in [7, 11) is 0. The molecule has 0 radical (unpaired) electrons. The molecule has 0 atom stereocenters. The van der Waals surface area contributed by atoms with Crippen molar-refractivity contribution in [3.63, 3.8) is 0 Å². The number of nitriles is 1. The third-order valence-corrected chi connectivity index (χ3v) is 3.44. The maximum absolute atomic E-state index is 12.1. The monoisotopic (exact) mass is 309 g/mol. The van der Waals surface area contributed by atoms with Gasteiger partial charge in [0.2, 0.25) is 5.91 Å². The smallest absolute Gasteiger partial charge is 0.274 e. The molecule has 0 spiro atoms. The van der Waals surface area contributed by atoms with Gasteiger partial charge in [-0.05, 0) is 34.8 Å². The van der Waals surface area contributed by atoms with Gasteiger partial charge in [-0.3, -0.25) is 9.59 Å². The van der Waals surface area contributed by atoms with E-state index in [-0.39, 0.29) is 29.1 Å². The highest BCUT2D eigenvalue weighted by atomic mass is 79.9. The van der Waals surface area contributed by atoms with Crippen LogP contribution in [-0.2, 0) is 4.79 Å². The highest BCUT2D eigenvalue weighted by Crippen LogP contribution is 2.36. The largest absolute Gasteiger partial charge is 0.322 e. The summed E-state index contributed by atoms with van der Waals surface area (Å²) in [5, 5.41) is 11.3. The summed E-state index contributed by atoms with van der Waals surface area (Å²) in [4.78, 5) is 23.2. The van der Waals surface area contributed by atoms with Gasteiger partial charge in [0.1, 0.15) is 5.69 Å². The predicted molar refractivity (Wildman–Crippen MR) is 70.1 cm³/mol. The van der Waals surface area contributed by atoms with Crippen LogP contribution in [0.5, 0.6) is 0 Å². The molecule has 1 amide bonds. The molecular weight excluding hydrogens is 298 g/mol. The average molecular weight is 310 g/mol. The Morgan fingerprint density at radius 2 is 2.28 bits per heavy atom. The Morgan fingerprint density at radius 1 is 1.61 bits per heavy atom. The maximum atomic E-state index is 12.1. The zero-order valence-corrected chi connectivity index (χ0v) is 11.4. The highest BCUT2D eigenvalue weighted by molar-refractivity contribution is 9.10. The van der Waals surface area contributed by atoms with Gasteiger partial charge in [0.25, 0.3) is 5.56 Å². The van der Waals surface area contributed by atoms with Crippen molar-refractivity contribution in [1.29, 1.82) is 5.26 Å². The number of hydrogen-bond donors (Lipinski definition) is 1. The molecule has 1 aliphatic carbocycles. The number of nitrogens with zero attached hydrogens (tertiary/aromatic N) is 2. The summed E-state index contributed by atoms with van der Waals surface area (Å²) in [5.41, 5.74) is 0.0343. The predicted octanol–water partition coefficient (Wildman–Crippen LogP) is 2.04. The second-order valence-electron chi connectivity index (χ2n) is 4.42. The number of halogens is 1. The molecule has 1 fully saturated rings. The van der Waals surface area contributed by atoms with Crippen LogP contribution in [0.4, 0.5) is 5.69 Å². The Bertz CT molecular complexity index is 582. The van der Waals surface area contributed by atoms with Gasteiger partial charge in [0.15, 0.2) is 0 Å². The van der Waals surface area contributed by atoms with E-state index in [1.54, 1.807) is 16.8 Å². The molecular formula is C12H12BrN3O2. The third kappa shape index (κ3) is 2.46. The molecule has 6 heteroatoms. The number of amides is 1. The molecule has 0 bridgehead atoms. The van der Waals surface area contributed by atoms with Crippen molar-refractivity contribution in [3.8, 4) is 6.07 Å². The van der Waals surface area contributed by atoms with E-state index in [9.17, 15) is 9.59 Å². The number of nitrogens with one attached hydrogen (secondary N) is 1. The Balaban J connectivity index is 2.32. The van der Waals surface area contributed by atoms with Gasteiger partial charge >= 0.3 is 0 Å². The fraction of sp³-hybridized carbons (Fsp3) is 0.417. The maximum Gasteiger partial charge on any atom is 0.274 e. The summed E-state index contributed by atoms with van der Waals surface area (Å²) >= 11 is 3.31. The van der Waals surface area contributed by atoms with E-state index in [4.69, 9.17) is 5.26 Å². The number of carbonyl (C=O) groups excluding carboxylic acids is 1. The molecule has 1 N–H and O–H groups in total. The highest BCUT2D eigenvalue weighted by Gasteiger charge is 2.31. The summed E-state index contributed by atoms with van der Waals surface area (Å²) in [5.74, 6) is -0.245. The van der Waals surface area contributed by atoms with Gasteiger partial charge in [-0.2, -0.15) is 5.26 Å². The first-order valence-corrected chi connectivity index (χ1v) is 6.39. The number of pyridine rings is 1. The molecule has 1 aromatic rings. The lowest BCUT2D eigenvalue weighted by atomic mass is 9.81. The summed E-state index contributed by atoms with van der Waals surface area (Å²) in [6.07, 6.45) is 3.07. The van der Waals surface area contributed by atoms with Crippen LogP contribution in [0.15, 0.2) is 21.5 Å². The van der Waals surface area contributed by atoms with Crippen LogP contribution in [0.25, 0.3) is 0 Å². The third-order valence-electron chi connectivity index (χ3n) is 3.01. The minimum Gasteiger partial charge on any atom is -0.322 e. The van der Waals surface area contributed by atoms with Crippen LogP contribution in [0.1, 0.15) is 25.8 Å². The summed E-state index contributed by atoms with van der Waals surface area (Å²) in [6.45, 7) is 1.36. The second kappa shape index (κ2) is 4.94. The summed E-state index contributed by atoms with van der Waals surface area (Å²) < 4.78 is 2.31. The zero-order valence-electron chi connectivity index (χ0n) is 9.81. The first kappa shape index (κ1) is 12.8. The van der Waals surface area contributed by atoms with E-state index in [0.717, 1.165) is 4.47 Å². The lowest BCUT2D eigenvalue weighted by molar-refractivity contribution is -0.114. The van der Waals surface area contributed by atoms with Crippen LogP contribution in [0.2, 0.25) is 0 Å². The number of rotatable bonds is 2. The van der Waals surface area contributed by atoms with Gasteiger partial charge in [0, 0.05) is 23.6 Å². The van der Waals surface area contributed by atoms with E-state index in [2.05, 4.69) is 27.3 Å². The van der Waals surface area contributed by atoms with Gasteiger partial charge in [-0.25, -0.2) is 0 Å². The van der Waals surface area contributed by atoms with Crippen LogP contribution in [0, 0.1) is 17.2 Å². The molecule has 0 unspecified atom stereocenters. The van der Waals surface area contributed by atoms with Crippen molar-refractivity contribution in [2.75, 3.05) is 5.32 Å². The molecule has 0 aromatic carbocycles. The molecule has 5 nitrogen and oxygen atoms in total. The normalized spacial score (nSPS) is 21.8. The van der Waals surface area contributed by atoms with Crippen molar-refractivity contribution in [2.45, 2.75) is 25.8 Å². The van der Waals surface area contributed by atoms with Crippen molar-refractivity contribution < 1.29 is 4.79 Å². The van der Waals surface area contributed by atoms with Crippen molar-refractivity contribution in [1.82, 2.24) is 4.57 Å². The Labute approximate surface area is 113 Å². The Hall–Kier alpha value is -1.61. The van der Waals surface area contributed by atoms with E-state index >= 15 is 0 Å². The first-order valence-electron chi connectivity index (χ1n) is 5.60. The van der Waals surface area contributed by atoms with Crippen LogP contribution in [-0.4, -0.2) is 10.5 Å². The van der Waals surface area contributed by atoms with E-state index in [1.165, 1.54) is 6.92 Å². The quantitative estimate of drug-likeness (QED) is 0.908. The van der Waals surface area contributed by atoms with Gasteiger partial charge in [-0.15, -0.1) is 0 Å². The molecule has 2 rings (SSSR count). The Kier molecular flexibility index (Phi) is 3.53. The topological polar surface area (TPSA) is 74.9 Å². The SMILES string of the molecule is CC(=O)Nc1cc(Br)cn(C2CC(C#N)C2)c1=O. The van der Waals surface area contributed by atoms with Gasteiger partial charge in [-0.1, -0.05) is 0 Å². The molecule has 94 valence electrons. The number of carbonyl (C=O) groups is 1. The standard InChI is InChI=1S/C12H12BrN3O2/c1-7(17)15-11-4-9(13)6-16(12(11)18)10-2-8(3-10)5-14/h4,6,8,10H,2-3H2,1H3,(H,15,17). The fourth-order valence-electron chi connectivity index (χ4n) is 2.04. The summed E-state index contributed by atoms with van der Waals surface area (Å²) in [6, 6.07) is 3.82. The minimum atomic E-state index is -0.278. The molecule has 1 aromatic heterocycles. The van der Waals surface area contributed by atoms with Gasteiger partial charge in [0.05, 0.1) is 12.0 Å². The van der Waals surface area contributed by atoms with Crippen molar-refractivity contribution in [3.05, 3.63) is 27.1 Å². The molecule has 18 heavy (non-hydrogen) atoms. The molecule has 0 aliphatic heterocycles. The molecule has 1 heterocycles. The van der Waals surface area contributed by atoms with E-state index < -0.39 is 0 Å². The Morgan fingerprint density at radius 3 is 2.83 bits per heavy atom. The minimum absolute atomic E-state index is 0.0325. The van der Waals surface area contributed by atoms with Crippen molar-refractivity contribution >= 4 is 27.5 Å². The zero-order chi connectivity index (χ0) is 13.3. The number of anilines is 1. The average Bonchev–Trinajstić information content (AvgIpc) is 2.22. The molecule has 1 saturated carbocycles. The van der Waals surface area contributed by atoms with Gasteiger partial charge < -0.3 is 9.88 Å². The fourth-order valence-corrected chi connectivity index (χ4v) is 2.49. The van der Waals surface area contributed by atoms with E-state index in [0.29, 0.717) is 12.8 Å². The number of aromatic nitrogens is 1. The van der Waals surface area contributed by atoms with Crippen molar-refractivity contribution in [2.24, 2.45) is 5.92 Å². The second-order valence-corrected chi connectivity index (χ2v) is 5.33. The van der Waals surface area contributed by atoms with Crippen LogP contribution in [0.3, 0.4) is 0 Å². The van der Waals surface area contributed by atoms with Crippen LogP contribution >= 0.6 is 15.9 Å².